The Morgan fingerprint density at radius 1 is 1.14 bits per heavy atom. The standard InChI is InChI=1S/C22H20N4O2/c1-14-12-16(10-11-24-20(14)28-2)15-8-9-19-18(13-15)21(27)26(22(23)25-19)17-6-4-3-5-7-17/h3-10,12-13H,11H2,1-2H3,(H2,23,25). The van der Waals surface area contributed by atoms with Gasteiger partial charge in [-0.25, -0.2) is 14.5 Å². The second-order valence-electron chi connectivity index (χ2n) is 6.51. The third-order valence-corrected chi connectivity index (χ3v) is 4.69. The highest BCUT2D eigenvalue weighted by molar-refractivity contribution is 5.97. The van der Waals surface area contributed by atoms with Crippen LogP contribution in [0.4, 0.5) is 5.95 Å². The van der Waals surface area contributed by atoms with Crippen LogP contribution in [0.5, 0.6) is 0 Å². The molecule has 0 amide bonds. The minimum Gasteiger partial charge on any atom is -0.481 e. The summed E-state index contributed by atoms with van der Waals surface area (Å²) in [4.78, 5) is 22.0. The van der Waals surface area contributed by atoms with Gasteiger partial charge < -0.3 is 10.5 Å². The predicted molar refractivity (Wildman–Crippen MR) is 113 cm³/mol. The molecule has 6 nitrogen and oxygen atoms in total. The first-order chi connectivity index (χ1) is 13.6. The first-order valence-electron chi connectivity index (χ1n) is 8.94. The Kier molecular flexibility index (Phi) is 4.53. The number of ether oxygens (including phenoxy) is 1. The van der Waals surface area contributed by atoms with Crippen molar-refractivity contribution in [3.05, 3.63) is 82.2 Å². The average molecular weight is 372 g/mol. The van der Waals surface area contributed by atoms with Crippen LogP contribution in [0.3, 0.4) is 0 Å². The summed E-state index contributed by atoms with van der Waals surface area (Å²) >= 11 is 0. The van der Waals surface area contributed by atoms with Gasteiger partial charge in [-0.1, -0.05) is 30.3 Å². The van der Waals surface area contributed by atoms with E-state index in [4.69, 9.17) is 10.5 Å². The summed E-state index contributed by atoms with van der Waals surface area (Å²) in [5, 5.41) is 0.514. The fourth-order valence-corrected chi connectivity index (χ4v) is 3.34. The van der Waals surface area contributed by atoms with Crippen molar-refractivity contribution >= 4 is 28.3 Å². The number of rotatable bonds is 2. The first kappa shape index (κ1) is 17.7. The molecule has 1 aliphatic heterocycles. The third kappa shape index (κ3) is 3.09. The molecule has 28 heavy (non-hydrogen) atoms. The molecule has 0 saturated heterocycles. The van der Waals surface area contributed by atoms with E-state index >= 15 is 0 Å². The number of nitrogen functional groups attached to an aromatic ring is 1. The monoisotopic (exact) mass is 372 g/mol. The van der Waals surface area contributed by atoms with E-state index in [2.05, 4.69) is 9.98 Å². The number of nitrogens with zero attached hydrogens (tertiary/aromatic N) is 3. The van der Waals surface area contributed by atoms with Gasteiger partial charge in [0, 0.05) is 5.57 Å². The fraction of sp³-hybridized carbons (Fsp3) is 0.136. The molecule has 0 aliphatic carbocycles. The van der Waals surface area contributed by atoms with E-state index in [-0.39, 0.29) is 11.5 Å². The lowest BCUT2D eigenvalue weighted by atomic mass is 10.0. The Hall–Kier alpha value is -3.67. The number of benzene rings is 2. The van der Waals surface area contributed by atoms with Gasteiger partial charge in [-0.05, 0) is 48.4 Å². The molecule has 2 aromatic carbocycles. The number of para-hydroxylation sites is 1. The number of aromatic nitrogens is 2. The van der Waals surface area contributed by atoms with Crippen molar-refractivity contribution in [1.29, 1.82) is 0 Å². The van der Waals surface area contributed by atoms with Crippen LogP contribution in [0.25, 0.3) is 22.2 Å². The topological polar surface area (TPSA) is 82.5 Å². The Labute approximate surface area is 162 Å². The van der Waals surface area contributed by atoms with Crippen molar-refractivity contribution in [3.8, 4) is 5.69 Å². The zero-order valence-corrected chi connectivity index (χ0v) is 15.7. The Morgan fingerprint density at radius 2 is 1.93 bits per heavy atom. The number of anilines is 1. The summed E-state index contributed by atoms with van der Waals surface area (Å²) in [5.74, 6) is 0.784. The zero-order valence-electron chi connectivity index (χ0n) is 15.7. The number of allylic oxidation sites excluding steroid dienone is 2. The van der Waals surface area contributed by atoms with Gasteiger partial charge in [0.15, 0.2) is 0 Å². The van der Waals surface area contributed by atoms with Crippen LogP contribution in [0.15, 0.2) is 76.0 Å². The quantitative estimate of drug-likeness (QED) is 0.748. The van der Waals surface area contributed by atoms with Gasteiger partial charge in [-0.3, -0.25) is 4.79 Å². The molecule has 0 atom stereocenters. The summed E-state index contributed by atoms with van der Waals surface area (Å²) in [6, 6.07) is 14.9. The maximum atomic E-state index is 13.2. The molecule has 0 bridgehead atoms. The molecule has 3 aromatic rings. The third-order valence-electron chi connectivity index (χ3n) is 4.69. The molecule has 6 heteroatoms. The van der Waals surface area contributed by atoms with E-state index in [0.29, 0.717) is 29.0 Å². The van der Waals surface area contributed by atoms with Crippen LogP contribution in [0, 0.1) is 0 Å². The number of aliphatic imine (C=N–C) groups is 1. The summed E-state index contributed by atoms with van der Waals surface area (Å²) in [7, 11) is 1.61. The van der Waals surface area contributed by atoms with E-state index in [1.165, 1.54) is 4.57 Å². The van der Waals surface area contributed by atoms with E-state index in [1.807, 2.05) is 67.6 Å². The predicted octanol–water partition coefficient (Wildman–Crippen LogP) is 3.36. The zero-order chi connectivity index (χ0) is 19.7. The first-order valence-corrected chi connectivity index (χ1v) is 8.94. The van der Waals surface area contributed by atoms with Crippen LogP contribution in [0.1, 0.15) is 12.5 Å². The van der Waals surface area contributed by atoms with Gasteiger partial charge in [-0.2, -0.15) is 0 Å². The van der Waals surface area contributed by atoms with Crippen molar-refractivity contribution in [1.82, 2.24) is 9.55 Å². The van der Waals surface area contributed by atoms with Crippen LogP contribution < -0.4 is 11.3 Å². The maximum Gasteiger partial charge on any atom is 0.267 e. The molecule has 1 aromatic heterocycles. The molecule has 0 saturated carbocycles. The molecule has 0 unspecified atom stereocenters. The van der Waals surface area contributed by atoms with Gasteiger partial charge in [0.1, 0.15) is 0 Å². The summed E-state index contributed by atoms with van der Waals surface area (Å²) in [5.41, 5.74) is 9.97. The Balaban J connectivity index is 1.87. The molecular weight excluding hydrogens is 352 g/mol. The number of fused-ring (bicyclic) bond motifs is 1. The largest absolute Gasteiger partial charge is 0.481 e. The minimum absolute atomic E-state index is 0.166. The van der Waals surface area contributed by atoms with Crippen molar-refractivity contribution in [2.24, 2.45) is 4.99 Å². The second kappa shape index (κ2) is 7.15. The second-order valence-corrected chi connectivity index (χ2v) is 6.51. The van der Waals surface area contributed by atoms with Gasteiger partial charge in [-0.15, -0.1) is 0 Å². The number of hydrogen-bond donors (Lipinski definition) is 1. The fourth-order valence-electron chi connectivity index (χ4n) is 3.34. The average Bonchev–Trinajstić information content (AvgIpc) is 2.89. The molecule has 0 fully saturated rings. The molecule has 4 rings (SSSR count). The molecule has 0 radical (unpaired) electrons. The molecule has 2 heterocycles. The number of nitrogens with two attached hydrogens (primary N) is 1. The van der Waals surface area contributed by atoms with Crippen molar-refractivity contribution < 1.29 is 4.74 Å². The van der Waals surface area contributed by atoms with Crippen LogP contribution in [-0.4, -0.2) is 29.1 Å². The van der Waals surface area contributed by atoms with Gasteiger partial charge in [0.2, 0.25) is 11.8 Å². The van der Waals surface area contributed by atoms with Crippen LogP contribution in [-0.2, 0) is 4.74 Å². The van der Waals surface area contributed by atoms with Gasteiger partial charge in [0.05, 0.1) is 30.2 Å². The van der Waals surface area contributed by atoms with Crippen molar-refractivity contribution in [3.63, 3.8) is 0 Å². The van der Waals surface area contributed by atoms with Crippen LogP contribution >= 0.6 is 0 Å². The smallest absolute Gasteiger partial charge is 0.267 e. The highest BCUT2D eigenvalue weighted by Gasteiger charge is 2.13. The van der Waals surface area contributed by atoms with E-state index < -0.39 is 0 Å². The molecule has 140 valence electrons. The Morgan fingerprint density at radius 3 is 2.68 bits per heavy atom. The van der Waals surface area contributed by atoms with Gasteiger partial charge >= 0.3 is 0 Å². The van der Waals surface area contributed by atoms with Gasteiger partial charge in [0.25, 0.3) is 5.56 Å². The van der Waals surface area contributed by atoms with E-state index in [9.17, 15) is 4.79 Å². The lowest BCUT2D eigenvalue weighted by Crippen LogP contribution is -2.23. The molecular formula is C22H20N4O2. The Bertz CT molecular complexity index is 1200. The maximum absolute atomic E-state index is 13.2. The molecule has 0 spiro atoms. The minimum atomic E-state index is -0.195. The number of hydrogen-bond acceptors (Lipinski definition) is 5. The van der Waals surface area contributed by atoms with E-state index in [1.54, 1.807) is 7.11 Å². The number of methoxy groups -OCH3 is 1. The van der Waals surface area contributed by atoms with Crippen molar-refractivity contribution in [2.45, 2.75) is 6.92 Å². The highest BCUT2D eigenvalue weighted by atomic mass is 16.5. The summed E-state index contributed by atoms with van der Waals surface area (Å²) < 4.78 is 6.74. The summed E-state index contributed by atoms with van der Waals surface area (Å²) in [6.07, 6.45) is 4.02. The molecule has 2 N–H and O–H groups in total. The molecule has 1 aliphatic rings. The highest BCUT2D eigenvalue weighted by Crippen LogP contribution is 2.24. The lowest BCUT2D eigenvalue weighted by Gasteiger charge is -2.11. The lowest BCUT2D eigenvalue weighted by molar-refractivity contribution is 0.402. The normalized spacial score (nSPS) is 14.1. The SMILES string of the molecule is COC1=NCC=C(c2ccc3nc(N)n(-c4ccccc4)c(=O)c3c2)C=C1C. The summed E-state index contributed by atoms with van der Waals surface area (Å²) in [6.45, 7) is 2.46. The van der Waals surface area contributed by atoms with Crippen molar-refractivity contribution in [2.75, 3.05) is 19.4 Å². The van der Waals surface area contributed by atoms with Crippen LogP contribution in [0.2, 0.25) is 0 Å². The van der Waals surface area contributed by atoms with E-state index in [0.717, 1.165) is 16.7 Å².